The Bertz CT molecular complexity index is 458. The summed E-state index contributed by atoms with van der Waals surface area (Å²) >= 11 is 0. The standard InChI is InChI=1S/C30H66NO4Si/c1-7-10-11-12-13-14-15-16-17-18-19-20-21-22-23-24-26-31(5,6)27-25-28-36(33-8-2,34-9-3)35-30(4)29-32/h30,32H,7-29H2,1-6H3/q+1. The molecule has 0 aromatic rings. The number of rotatable bonds is 28. The maximum absolute atomic E-state index is 9.44. The van der Waals surface area contributed by atoms with Gasteiger partial charge in [0.2, 0.25) is 0 Å². The first kappa shape index (κ1) is 36.0. The Morgan fingerprint density at radius 2 is 1.00 bits per heavy atom. The molecule has 0 spiro atoms. The molecule has 0 aliphatic carbocycles. The third-order valence-corrected chi connectivity index (χ3v) is 10.4. The van der Waals surface area contributed by atoms with E-state index in [1.807, 2.05) is 20.8 Å². The van der Waals surface area contributed by atoms with Gasteiger partial charge in [0.1, 0.15) is 0 Å². The van der Waals surface area contributed by atoms with Crippen LogP contribution in [-0.4, -0.2) is 71.5 Å². The highest BCUT2D eigenvalue weighted by atomic mass is 28.4. The topological polar surface area (TPSA) is 47.9 Å². The lowest BCUT2D eigenvalue weighted by atomic mass is 10.0. The lowest BCUT2D eigenvalue weighted by molar-refractivity contribution is -0.890. The summed E-state index contributed by atoms with van der Waals surface area (Å²) in [7, 11) is 1.95. The summed E-state index contributed by atoms with van der Waals surface area (Å²) in [5.74, 6) is 0. The minimum absolute atomic E-state index is 0.00426. The molecule has 0 aromatic carbocycles. The molecule has 1 atom stereocenters. The first-order chi connectivity index (χ1) is 17.3. The van der Waals surface area contributed by atoms with Gasteiger partial charge in [-0.3, -0.25) is 0 Å². The summed E-state index contributed by atoms with van der Waals surface area (Å²) in [5, 5.41) is 9.44. The molecule has 1 N–H and O–H groups in total. The predicted octanol–water partition coefficient (Wildman–Crippen LogP) is 8.12. The molecular weight excluding hydrogens is 466 g/mol. The molecule has 0 rings (SSSR count). The second-order valence-corrected chi connectivity index (χ2v) is 14.1. The van der Waals surface area contributed by atoms with E-state index in [1.54, 1.807) is 0 Å². The molecule has 0 aromatic heterocycles. The van der Waals surface area contributed by atoms with E-state index < -0.39 is 8.80 Å². The number of hydrogen-bond donors (Lipinski definition) is 1. The van der Waals surface area contributed by atoms with Crippen LogP contribution in [-0.2, 0) is 13.3 Å². The monoisotopic (exact) mass is 532 g/mol. The van der Waals surface area contributed by atoms with Crippen molar-refractivity contribution in [3.8, 4) is 0 Å². The van der Waals surface area contributed by atoms with E-state index >= 15 is 0 Å². The van der Waals surface area contributed by atoms with Crippen LogP contribution in [0.1, 0.15) is 137 Å². The SMILES string of the molecule is CCCCCCCCCCCCCCCCCC[N+](C)(C)CCC[Si](OCC)(OCC)OC(C)CO. The molecule has 0 radical (unpaired) electrons. The minimum Gasteiger partial charge on any atom is -0.394 e. The van der Waals surface area contributed by atoms with E-state index in [4.69, 9.17) is 13.3 Å². The second-order valence-electron chi connectivity index (χ2n) is 11.4. The maximum atomic E-state index is 9.44. The van der Waals surface area contributed by atoms with Gasteiger partial charge in [0.05, 0.1) is 39.9 Å². The Labute approximate surface area is 227 Å². The van der Waals surface area contributed by atoms with Crippen molar-refractivity contribution in [2.24, 2.45) is 0 Å². The van der Waals surface area contributed by atoms with Crippen molar-refractivity contribution in [3.05, 3.63) is 0 Å². The van der Waals surface area contributed by atoms with Gasteiger partial charge in [0, 0.05) is 25.7 Å². The van der Waals surface area contributed by atoms with Gasteiger partial charge in [0.15, 0.2) is 0 Å². The molecule has 5 nitrogen and oxygen atoms in total. The molecule has 0 saturated carbocycles. The fourth-order valence-corrected chi connectivity index (χ4v) is 7.80. The number of aliphatic hydroxyl groups is 1. The molecule has 6 heteroatoms. The van der Waals surface area contributed by atoms with Crippen LogP contribution in [0.25, 0.3) is 0 Å². The van der Waals surface area contributed by atoms with Crippen molar-refractivity contribution in [1.29, 1.82) is 0 Å². The van der Waals surface area contributed by atoms with Gasteiger partial charge in [-0.05, 0) is 33.6 Å². The smallest absolute Gasteiger partial charge is 0.394 e. The molecule has 0 heterocycles. The largest absolute Gasteiger partial charge is 0.501 e. The van der Waals surface area contributed by atoms with Gasteiger partial charge >= 0.3 is 8.80 Å². The van der Waals surface area contributed by atoms with Gasteiger partial charge in [-0.1, -0.05) is 96.8 Å². The first-order valence-corrected chi connectivity index (χ1v) is 17.7. The average Bonchev–Trinajstić information content (AvgIpc) is 2.83. The van der Waals surface area contributed by atoms with Crippen LogP contribution in [0, 0.1) is 0 Å². The second kappa shape index (κ2) is 24.1. The summed E-state index contributed by atoms with van der Waals surface area (Å²) in [6, 6.07) is 0.819. The van der Waals surface area contributed by atoms with Crippen LogP contribution >= 0.6 is 0 Å². The number of nitrogens with zero attached hydrogens (tertiary/aromatic N) is 1. The molecule has 0 amide bonds. The Morgan fingerprint density at radius 1 is 0.611 bits per heavy atom. The van der Waals surface area contributed by atoms with Crippen molar-refractivity contribution in [2.75, 3.05) is 47.0 Å². The third kappa shape index (κ3) is 21.0. The van der Waals surface area contributed by atoms with Crippen molar-refractivity contribution in [1.82, 2.24) is 0 Å². The first-order valence-electron chi connectivity index (χ1n) is 15.7. The zero-order chi connectivity index (χ0) is 27.0. The third-order valence-electron chi connectivity index (χ3n) is 7.23. The number of aliphatic hydroxyl groups excluding tert-OH is 1. The quantitative estimate of drug-likeness (QED) is 0.0628. The number of hydrogen-bond acceptors (Lipinski definition) is 4. The lowest BCUT2D eigenvalue weighted by Gasteiger charge is -2.34. The van der Waals surface area contributed by atoms with Crippen LogP contribution in [0.3, 0.4) is 0 Å². The van der Waals surface area contributed by atoms with Gasteiger partial charge < -0.3 is 22.9 Å². The Hall–Kier alpha value is 0.0169. The van der Waals surface area contributed by atoms with Crippen LogP contribution in [0.2, 0.25) is 6.04 Å². The predicted molar refractivity (Wildman–Crippen MR) is 157 cm³/mol. The Kier molecular flexibility index (Phi) is 24.1. The fraction of sp³-hybridized carbons (Fsp3) is 1.00. The molecular formula is C30H66NO4Si+. The van der Waals surface area contributed by atoms with Crippen molar-refractivity contribution >= 4 is 8.80 Å². The van der Waals surface area contributed by atoms with E-state index in [-0.39, 0.29) is 12.7 Å². The van der Waals surface area contributed by atoms with E-state index in [0.29, 0.717) is 13.2 Å². The normalized spacial score (nSPS) is 13.4. The molecule has 218 valence electrons. The Balaban J connectivity index is 3.83. The average molecular weight is 533 g/mol. The van der Waals surface area contributed by atoms with Crippen molar-refractivity contribution < 1.29 is 22.9 Å². The molecule has 0 fully saturated rings. The fourth-order valence-electron chi connectivity index (χ4n) is 5.02. The van der Waals surface area contributed by atoms with E-state index in [2.05, 4.69) is 21.0 Å². The van der Waals surface area contributed by atoms with Crippen LogP contribution in [0.5, 0.6) is 0 Å². The Morgan fingerprint density at radius 3 is 1.39 bits per heavy atom. The van der Waals surface area contributed by atoms with Crippen LogP contribution < -0.4 is 0 Å². The molecule has 0 aliphatic heterocycles. The summed E-state index contributed by atoms with van der Waals surface area (Å²) in [6.07, 6.45) is 23.4. The van der Waals surface area contributed by atoms with Gasteiger partial charge in [-0.15, -0.1) is 0 Å². The highest BCUT2D eigenvalue weighted by Gasteiger charge is 2.42. The molecule has 36 heavy (non-hydrogen) atoms. The van der Waals surface area contributed by atoms with Crippen LogP contribution in [0.4, 0.5) is 0 Å². The summed E-state index contributed by atoms with van der Waals surface area (Å²) in [5.41, 5.74) is 0. The maximum Gasteiger partial charge on any atom is 0.501 e. The molecule has 1 unspecified atom stereocenters. The zero-order valence-corrected chi connectivity index (χ0v) is 26.5. The minimum atomic E-state index is -2.73. The summed E-state index contributed by atoms with van der Waals surface area (Å²) in [4.78, 5) is 0. The lowest BCUT2D eigenvalue weighted by Crippen LogP contribution is -2.50. The summed E-state index contributed by atoms with van der Waals surface area (Å²) < 4.78 is 19.2. The number of quaternary nitrogens is 1. The highest BCUT2D eigenvalue weighted by Crippen LogP contribution is 2.21. The summed E-state index contributed by atoms with van der Waals surface area (Å²) in [6.45, 7) is 11.7. The zero-order valence-electron chi connectivity index (χ0n) is 25.5. The molecule has 0 saturated heterocycles. The van der Waals surface area contributed by atoms with Gasteiger partial charge in [-0.2, -0.15) is 0 Å². The molecule has 0 bridgehead atoms. The van der Waals surface area contributed by atoms with E-state index in [1.165, 1.54) is 109 Å². The van der Waals surface area contributed by atoms with E-state index in [9.17, 15) is 5.11 Å². The van der Waals surface area contributed by atoms with Crippen LogP contribution in [0.15, 0.2) is 0 Å². The number of unbranched alkanes of at least 4 members (excludes halogenated alkanes) is 15. The van der Waals surface area contributed by atoms with Gasteiger partial charge in [0.25, 0.3) is 0 Å². The van der Waals surface area contributed by atoms with E-state index in [0.717, 1.165) is 23.5 Å². The van der Waals surface area contributed by atoms with Crippen molar-refractivity contribution in [2.45, 2.75) is 149 Å². The van der Waals surface area contributed by atoms with Gasteiger partial charge in [-0.25, -0.2) is 0 Å². The molecule has 0 aliphatic rings. The highest BCUT2D eigenvalue weighted by molar-refractivity contribution is 6.60. The van der Waals surface area contributed by atoms with Crippen molar-refractivity contribution in [3.63, 3.8) is 0 Å².